The van der Waals surface area contributed by atoms with Gasteiger partial charge in [0.1, 0.15) is 12.4 Å². The minimum Gasteiger partial charge on any atom is -0.489 e. The van der Waals surface area contributed by atoms with Crippen molar-refractivity contribution in [1.29, 1.82) is 0 Å². The molecule has 0 saturated heterocycles. The maximum Gasteiger partial charge on any atom is 0.183 e. The standard InChI is InChI=1S/C29H35NO2S/c1-19(2)9-7-10-20(3)11-8-12-21(4)15-16-32-24-13-14-25-27(18-24)33-29-23(6)26(31)17-22(5)28(29)30-25/h9,11,13-15,17-18H,7-8,10,12,16H2,1-6H3/b20-11+,21-15+. The zero-order valence-electron chi connectivity index (χ0n) is 20.7. The van der Waals surface area contributed by atoms with Crippen molar-refractivity contribution in [2.45, 2.75) is 67.2 Å². The predicted octanol–water partition coefficient (Wildman–Crippen LogP) is 8.18. The van der Waals surface area contributed by atoms with E-state index in [9.17, 15) is 4.79 Å². The number of aryl methyl sites for hydroxylation is 1. The lowest BCUT2D eigenvalue weighted by atomic mass is 10.1. The molecule has 0 N–H and O–H groups in total. The van der Waals surface area contributed by atoms with Crippen molar-refractivity contribution in [2.75, 3.05) is 6.61 Å². The van der Waals surface area contributed by atoms with Crippen LogP contribution >= 0.6 is 11.3 Å². The summed E-state index contributed by atoms with van der Waals surface area (Å²) in [5.41, 5.74) is 7.80. The van der Waals surface area contributed by atoms with Gasteiger partial charge in [0.05, 0.1) is 20.8 Å². The number of nitrogens with zero attached hydrogens (tertiary/aromatic N) is 1. The highest BCUT2D eigenvalue weighted by Gasteiger charge is 2.15. The van der Waals surface area contributed by atoms with Gasteiger partial charge < -0.3 is 4.74 Å². The van der Waals surface area contributed by atoms with Crippen LogP contribution in [0.5, 0.6) is 5.75 Å². The highest BCUT2D eigenvalue weighted by molar-refractivity contribution is 7.21. The molecule has 1 aliphatic carbocycles. The van der Waals surface area contributed by atoms with Crippen LogP contribution in [-0.4, -0.2) is 11.6 Å². The van der Waals surface area contributed by atoms with Gasteiger partial charge in [0.25, 0.3) is 0 Å². The Morgan fingerprint density at radius 1 is 0.970 bits per heavy atom. The van der Waals surface area contributed by atoms with Gasteiger partial charge >= 0.3 is 0 Å². The van der Waals surface area contributed by atoms with Crippen molar-refractivity contribution in [2.24, 2.45) is 0 Å². The SMILES string of the molecule is CC(C)=CCC/C(C)=C/CC/C(C)=C/COc1ccc2nc3c(C)cc(=O)c(C)c-3sc2c1. The van der Waals surface area contributed by atoms with E-state index >= 15 is 0 Å². The molecule has 0 unspecified atom stereocenters. The molecule has 0 bridgehead atoms. The predicted molar refractivity (Wildman–Crippen MR) is 143 cm³/mol. The maximum absolute atomic E-state index is 12.2. The second-order valence-corrected chi connectivity index (χ2v) is 10.2. The molecule has 3 nitrogen and oxygen atoms in total. The van der Waals surface area contributed by atoms with Crippen LogP contribution in [0.3, 0.4) is 0 Å². The van der Waals surface area contributed by atoms with Crippen molar-refractivity contribution < 1.29 is 4.74 Å². The Bertz CT molecular complexity index is 1240. The third kappa shape index (κ3) is 6.88. The van der Waals surface area contributed by atoms with Gasteiger partial charge in [-0.1, -0.05) is 28.9 Å². The Morgan fingerprint density at radius 3 is 2.39 bits per heavy atom. The molecule has 3 rings (SSSR count). The van der Waals surface area contributed by atoms with Gasteiger partial charge in [0, 0.05) is 5.56 Å². The molecule has 0 radical (unpaired) electrons. The Morgan fingerprint density at radius 2 is 1.67 bits per heavy atom. The number of aromatic nitrogens is 1. The number of ether oxygens (including phenoxy) is 1. The fraction of sp³-hybridized carbons (Fsp3) is 0.379. The summed E-state index contributed by atoms with van der Waals surface area (Å²) < 4.78 is 7.03. The fourth-order valence-electron chi connectivity index (χ4n) is 3.71. The van der Waals surface area contributed by atoms with Crippen molar-refractivity contribution in [3.8, 4) is 16.3 Å². The second kappa shape index (κ2) is 11.4. The zero-order chi connectivity index (χ0) is 24.0. The molecule has 2 aliphatic rings. The minimum atomic E-state index is 0.0725. The van der Waals surface area contributed by atoms with Crippen LogP contribution in [0.2, 0.25) is 0 Å². The summed E-state index contributed by atoms with van der Waals surface area (Å²) in [5.74, 6) is 0.826. The third-order valence-electron chi connectivity index (χ3n) is 5.83. The van der Waals surface area contributed by atoms with Gasteiger partial charge in [-0.15, -0.1) is 11.3 Å². The summed E-state index contributed by atoms with van der Waals surface area (Å²) in [7, 11) is 0. The molecule has 0 fully saturated rings. The number of allylic oxidation sites excluding steroid dienone is 5. The Balaban J connectivity index is 1.61. The van der Waals surface area contributed by atoms with Gasteiger partial charge in [0.15, 0.2) is 5.43 Å². The molecular formula is C29H35NO2S. The van der Waals surface area contributed by atoms with Crippen LogP contribution in [0.4, 0.5) is 0 Å². The van der Waals surface area contributed by atoms with Gasteiger partial charge in [-0.2, -0.15) is 0 Å². The molecule has 0 saturated carbocycles. The summed E-state index contributed by atoms with van der Waals surface area (Å²) >= 11 is 1.61. The first-order valence-corrected chi connectivity index (χ1v) is 12.5. The molecule has 4 heteroatoms. The second-order valence-electron chi connectivity index (χ2n) is 9.11. The van der Waals surface area contributed by atoms with E-state index < -0.39 is 0 Å². The van der Waals surface area contributed by atoms with E-state index in [0.717, 1.165) is 63.3 Å². The summed E-state index contributed by atoms with van der Waals surface area (Å²) in [6.07, 6.45) is 11.2. The molecule has 0 aromatic heterocycles. The Labute approximate surface area is 201 Å². The van der Waals surface area contributed by atoms with Gasteiger partial charge in [-0.25, -0.2) is 4.98 Å². The van der Waals surface area contributed by atoms with Crippen LogP contribution in [0.1, 0.15) is 64.5 Å². The first-order valence-electron chi connectivity index (χ1n) is 11.7. The summed E-state index contributed by atoms with van der Waals surface area (Å²) in [6, 6.07) is 7.68. The van der Waals surface area contributed by atoms with Crippen molar-refractivity contribution in [3.05, 3.63) is 80.6 Å². The maximum atomic E-state index is 12.2. The summed E-state index contributed by atoms with van der Waals surface area (Å²) in [5, 5.41) is 0. The number of rotatable bonds is 9. The van der Waals surface area contributed by atoms with Gasteiger partial charge in [-0.3, -0.25) is 4.79 Å². The molecule has 0 atom stereocenters. The van der Waals surface area contributed by atoms with Gasteiger partial charge in [0.2, 0.25) is 0 Å². The highest BCUT2D eigenvalue weighted by Crippen LogP contribution is 2.35. The fourth-order valence-corrected chi connectivity index (χ4v) is 4.88. The molecule has 1 aromatic carbocycles. The van der Waals surface area contributed by atoms with E-state index in [1.807, 2.05) is 32.0 Å². The van der Waals surface area contributed by atoms with Crippen LogP contribution in [0.25, 0.3) is 20.8 Å². The van der Waals surface area contributed by atoms with E-state index in [2.05, 4.69) is 45.9 Å². The highest BCUT2D eigenvalue weighted by atomic mass is 32.1. The Hall–Kier alpha value is -2.72. The molecular weight excluding hydrogens is 426 g/mol. The van der Waals surface area contributed by atoms with Crippen LogP contribution in [0, 0.1) is 13.8 Å². The van der Waals surface area contributed by atoms with Crippen molar-refractivity contribution in [3.63, 3.8) is 0 Å². The number of hydrogen-bond acceptors (Lipinski definition) is 4. The first kappa shape index (κ1) is 24.9. The van der Waals surface area contributed by atoms with E-state index in [-0.39, 0.29) is 5.43 Å². The largest absolute Gasteiger partial charge is 0.489 e. The third-order valence-corrected chi connectivity index (χ3v) is 7.08. The van der Waals surface area contributed by atoms with Crippen LogP contribution < -0.4 is 10.2 Å². The lowest BCUT2D eigenvalue weighted by Gasteiger charge is -2.12. The first-order chi connectivity index (χ1) is 15.7. The number of fused-ring (bicyclic) bond motifs is 2. The average Bonchev–Trinajstić information content (AvgIpc) is 2.76. The molecule has 0 spiro atoms. The minimum absolute atomic E-state index is 0.0725. The van der Waals surface area contributed by atoms with Crippen LogP contribution in [-0.2, 0) is 0 Å². The van der Waals surface area contributed by atoms with E-state index in [1.54, 1.807) is 17.4 Å². The average molecular weight is 462 g/mol. The summed E-state index contributed by atoms with van der Waals surface area (Å²) in [4.78, 5) is 17.9. The zero-order valence-corrected chi connectivity index (χ0v) is 21.6. The molecule has 33 heavy (non-hydrogen) atoms. The molecule has 1 aromatic rings. The van der Waals surface area contributed by atoms with E-state index in [0.29, 0.717) is 6.61 Å². The normalized spacial score (nSPS) is 12.4. The van der Waals surface area contributed by atoms with Crippen LogP contribution in [0.15, 0.2) is 64.0 Å². The van der Waals surface area contributed by atoms with E-state index in [4.69, 9.17) is 9.72 Å². The summed E-state index contributed by atoms with van der Waals surface area (Å²) in [6.45, 7) is 13.1. The quantitative estimate of drug-likeness (QED) is 0.238. The lowest BCUT2D eigenvalue weighted by molar-refractivity contribution is 0.362. The lowest BCUT2D eigenvalue weighted by Crippen LogP contribution is -2.08. The van der Waals surface area contributed by atoms with Crippen molar-refractivity contribution in [1.82, 2.24) is 4.98 Å². The van der Waals surface area contributed by atoms with Crippen molar-refractivity contribution >= 4 is 21.6 Å². The molecule has 1 aliphatic heterocycles. The Kier molecular flexibility index (Phi) is 8.62. The smallest absolute Gasteiger partial charge is 0.183 e. The topological polar surface area (TPSA) is 39.2 Å². The van der Waals surface area contributed by atoms with Gasteiger partial charge in [-0.05, 0) is 103 Å². The number of hydrogen-bond donors (Lipinski definition) is 0. The number of benzene rings is 2. The monoisotopic (exact) mass is 461 g/mol. The van der Waals surface area contributed by atoms with E-state index in [1.165, 1.54) is 16.7 Å². The molecule has 1 heterocycles. The molecule has 174 valence electrons. The molecule has 0 amide bonds.